The van der Waals surface area contributed by atoms with E-state index < -0.39 is 10.0 Å². The molecule has 2 heterocycles. The molecule has 0 unspecified atom stereocenters. The van der Waals surface area contributed by atoms with Crippen molar-refractivity contribution in [2.45, 2.75) is 11.8 Å². The first-order valence-corrected chi connectivity index (χ1v) is 12.5. The van der Waals surface area contributed by atoms with Crippen molar-refractivity contribution in [3.05, 3.63) is 64.5 Å². The van der Waals surface area contributed by atoms with E-state index in [4.69, 9.17) is 4.74 Å². The van der Waals surface area contributed by atoms with Crippen LogP contribution in [0, 0.1) is 3.57 Å². The van der Waals surface area contributed by atoms with Crippen LogP contribution < -0.4 is 9.64 Å². The van der Waals surface area contributed by atoms with Gasteiger partial charge in [0.15, 0.2) is 0 Å². The van der Waals surface area contributed by atoms with Gasteiger partial charge >= 0.3 is 0 Å². The smallest absolute Gasteiger partial charge is 0.243 e. The van der Waals surface area contributed by atoms with Gasteiger partial charge in [-0.3, -0.25) is 0 Å². The number of ether oxygens (including phenoxy) is 1. The minimum absolute atomic E-state index is 0.334. The Kier molecular flexibility index (Phi) is 6.73. The minimum atomic E-state index is -3.49. The van der Waals surface area contributed by atoms with Crippen LogP contribution in [0.15, 0.2) is 65.8 Å². The Morgan fingerprint density at radius 3 is 2.29 bits per heavy atom. The Bertz CT molecular complexity index is 1130. The number of halogens is 1. The van der Waals surface area contributed by atoms with Crippen LogP contribution in [-0.4, -0.2) is 55.5 Å². The van der Waals surface area contributed by atoms with Crippen molar-refractivity contribution in [3.8, 4) is 17.0 Å². The molecule has 0 saturated carbocycles. The number of benzene rings is 2. The third kappa shape index (κ3) is 4.99. The highest BCUT2D eigenvalue weighted by molar-refractivity contribution is 14.1. The number of aromatic nitrogens is 2. The molecule has 1 aliphatic heterocycles. The standard InChI is InChI=1S/C22H23IN4O3S/c1-2-30-19-7-3-17(4-8-19)21-15-22(25-16-24-21)26-11-13-27(14-12-26)31(28,29)20-9-5-18(23)6-10-20/h3-10,15-16H,2,11-14H2,1H3. The van der Waals surface area contributed by atoms with Gasteiger partial charge in [0.05, 0.1) is 17.2 Å². The summed E-state index contributed by atoms with van der Waals surface area (Å²) >= 11 is 2.17. The van der Waals surface area contributed by atoms with Crippen molar-refractivity contribution in [2.75, 3.05) is 37.7 Å². The molecule has 1 aromatic heterocycles. The van der Waals surface area contributed by atoms with E-state index in [1.54, 1.807) is 22.8 Å². The van der Waals surface area contributed by atoms with E-state index in [9.17, 15) is 8.42 Å². The van der Waals surface area contributed by atoms with E-state index in [1.165, 1.54) is 0 Å². The minimum Gasteiger partial charge on any atom is -0.494 e. The molecule has 162 valence electrons. The number of hydrogen-bond donors (Lipinski definition) is 0. The van der Waals surface area contributed by atoms with Gasteiger partial charge in [0.25, 0.3) is 0 Å². The molecule has 1 fully saturated rings. The van der Waals surface area contributed by atoms with Crippen molar-refractivity contribution >= 4 is 38.4 Å². The van der Waals surface area contributed by atoms with Crippen LogP contribution in [0.2, 0.25) is 0 Å². The van der Waals surface area contributed by atoms with E-state index in [0.717, 1.165) is 26.4 Å². The highest BCUT2D eigenvalue weighted by Crippen LogP contribution is 2.25. The molecule has 1 saturated heterocycles. The Balaban J connectivity index is 1.45. The zero-order valence-corrected chi connectivity index (χ0v) is 20.1. The van der Waals surface area contributed by atoms with Gasteiger partial charge in [0.2, 0.25) is 10.0 Å². The van der Waals surface area contributed by atoms with Crippen LogP contribution in [0.3, 0.4) is 0 Å². The third-order valence-corrected chi connectivity index (χ3v) is 7.76. The van der Waals surface area contributed by atoms with Gasteiger partial charge in [-0.25, -0.2) is 18.4 Å². The average molecular weight is 550 g/mol. The van der Waals surface area contributed by atoms with Crippen LogP contribution in [0.5, 0.6) is 5.75 Å². The lowest BCUT2D eigenvalue weighted by Crippen LogP contribution is -2.48. The van der Waals surface area contributed by atoms with E-state index >= 15 is 0 Å². The normalized spacial score (nSPS) is 15.1. The van der Waals surface area contributed by atoms with Gasteiger partial charge < -0.3 is 9.64 Å². The second-order valence-corrected chi connectivity index (χ2v) is 10.2. The summed E-state index contributed by atoms with van der Waals surface area (Å²) in [5.74, 6) is 1.62. The van der Waals surface area contributed by atoms with Crippen molar-refractivity contribution in [2.24, 2.45) is 0 Å². The molecule has 0 N–H and O–H groups in total. The van der Waals surface area contributed by atoms with Crippen LogP contribution in [-0.2, 0) is 10.0 Å². The molecule has 0 bridgehead atoms. The molecule has 7 nitrogen and oxygen atoms in total. The van der Waals surface area contributed by atoms with Crippen LogP contribution >= 0.6 is 22.6 Å². The molecule has 0 spiro atoms. The molecule has 4 rings (SSSR count). The molecule has 2 aromatic carbocycles. The zero-order valence-electron chi connectivity index (χ0n) is 17.1. The van der Waals surface area contributed by atoms with Gasteiger partial charge in [-0.15, -0.1) is 0 Å². The first-order valence-electron chi connectivity index (χ1n) is 10.0. The van der Waals surface area contributed by atoms with Crippen LogP contribution in [0.4, 0.5) is 5.82 Å². The lowest BCUT2D eigenvalue weighted by Gasteiger charge is -2.34. The summed E-state index contributed by atoms with van der Waals surface area (Å²) in [7, 11) is -3.49. The number of piperazine rings is 1. The van der Waals surface area contributed by atoms with Gasteiger partial charge in [0, 0.05) is 41.4 Å². The first kappa shape index (κ1) is 22.0. The summed E-state index contributed by atoms with van der Waals surface area (Å²) in [6.07, 6.45) is 1.55. The molecule has 3 aromatic rings. The van der Waals surface area contributed by atoms with E-state index in [0.29, 0.717) is 37.7 Å². The fraction of sp³-hybridized carbons (Fsp3) is 0.273. The first-order chi connectivity index (χ1) is 15.0. The van der Waals surface area contributed by atoms with Crippen molar-refractivity contribution in [1.29, 1.82) is 0 Å². The number of nitrogens with zero attached hydrogens (tertiary/aromatic N) is 4. The largest absolute Gasteiger partial charge is 0.494 e. The van der Waals surface area contributed by atoms with Gasteiger partial charge in [-0.05, 0) is 78.0 Å². The molecule has 31 heavy (non-hydrogen) atoms. The summed E-state index contributed by atoms with van der Waals surface area (Å²) in [4.78, 5) is 11.2. The van der Waals surface area contributed by atoms with Gasteiger partial charge in [0.1, 0.15) is 17.9 Å². The Morgan fingerprint density at radius 1 is 0.968 bits per heavy atom. The maximum absolute atomic E-state index is 12.9. The second-order valence-electron chi connectivity index (χ2n) is 7.06. The Labute approximate surface area is 196 Å². The highest BCUT2D eigenvalue weighted by atomic mass is 127. The Hall–Kier alpha value is -2.24. The molecule has 0 atom stereocenters. The summed E-state index contributed by atoms with van der Waals surface area (Å²) in [6.45, 7) is 4.55. The monoisotopic (exact) mass is 550 g/mol. The molecule has 1 aliphatic rings. The van der Waals surface area contributed by atoms with Crippen molar-refractivity contribution < 1.29 is 13.2 Å². The number of rotatable bonds is 6. The predicted molar refractivity (Wildman–Crippen MR) is 129 cm³/mol. The third-order valence-electron chi connectivity index (χ3n) is 5.13. The van der Waals surface area contributed by atoms with E-state index in [2.05, 4.69) is 37.5 Å². The fourth-order valence-electron chi connectivity index (χ4n) is 3.48. The number of anilines is 1. The van der Waals surface area contributed by atoms with E-state index in [1.807, 2.05) is 49.4 Å². The van der Waals surface area contributed by atoms with Crippen molar-refractivity contribution in [3.63, 3.8) is 0 Å². The summed E-state index contributed by atoms with van der Waals surface area (Å²) < 4.78 is 33.9. The predicted octanol–water partition coefficient (Wildman–Crippen LogP) is 3.66. The van der Waals surface area contributed by atoms with Crippen LogP contribution in [0.25, 0.3) is 11.3 Å². The lowest BCUT2D eigenvalue weighted by molar-refractivity contribution is 0.340. The number of sulfonamides is 1. The van der Waals surface area contributed by atoms with Crippen LogP contribution in [0.1, 0.15) is 6.92 Å². The molecule has 0 aliphatic carbocycles. The molecular weight excluding hydrogens is 527 g/mol. The van der Waals surface area contributed by atoms with Gasteiger partial charge in [-0.1, -0.05) is 0 Å². The molecule has 0 amide bonds. The second kappa shape index (κ2) is 9.49. The summed E-state index contributed by atoms with van der Waals surface area (Å²) in [6, 6.07) is 16.7. The SMILES string of the molecule is CCOc1ccc(-c2cc(N3CCN(S(=O)(=O)c4ccc(I)cc4)CC3)ncn2)cc1. The Morgan fingerprint density at radius 2 is 1.65 bits per heavy atom. The zero-order chi connectivity index (χ0) is 21.8. The molecular formula is C22H23IN4O3S. The number of hydrogen-bond acceptors (Lipinski definition) is 6. The lowest BCUT2D eigenvalue weighted by atomic mass is 10.1. The molecule has 0 radical (unpaired) electrons. The highest BCUT2D eigenvalue weighted by Gasteiger charge is 2.29. The quantitative estimate of drug-likeness (QED) is 0.437. The fourth-order valence-corrected chi connectivity index (χ4v) is 5.26. The average Bonchev–Trinajstić information content (AvgIpc) is 2.80. The summed E-state index contributed by atoms with van der Waals surface area (Å²) in [5.41, 5.74) is 1.80. The molecule has 9 heteroatoms. The van der Waals surface area contributed by atoms with E-state index in [-0.39, 0.29) is 0 Å². The maximum Gasteiger partial charge on any atom is 0.243 e. The van der Waals surface area contributed by atoms with Crippen molar-refractivity contribution in [1.82, 2.24) is 14.3 Å². The van der Waals surface area contributed by atoms with Gasteiger partial charge in [-0.2, -0.15) is 4.31 Å². The maximum atomic E-state index is 12.9. The topological polar surface area (TPSA) is 75.6 Å². The summed E-state index contributed by atoms with van der Waals surface area (Å²) in [5, 5.41) is 0.